The number of thioether (sulfide) groups is 1. The highest BCUT2D eigenvalue weighted by atomic mass is 32.2. The van der Waals surface area contributed by atoms with Crippen LogP contribution in [0.15, 0.2) is 41.3 Å². The number of nitrogens with one attached hydrogen (secondary N) is 2. The lowest BCUT2D eigenvalue weighted by Gasteiger charge is -2.30. The van der Waals surface area contributed by atoms with E-state index in [1.165, 1.54) is 16.0 Å². The zero-order valence-electron chi connectivity index (χ0n) is 18.4. The third kappa shape index (κ3) is 5.24. The van der Waals surface area contributed by atoms with Gasteiger partial charge in [-0.1, -0.05) is 23.8 Å². The molecule has 2 amide bonds. The SMILES string of the molecule is CC[NH+](CC)CCNC(=O)c1ccc2c(c1)N(Cc1cc(C)ccc1C)C(=O)CS2. The normalized spacial score (nSPS) is 13.5. The molecule has 0 aliphatic carbocycles. The highest BCUT2D eigenvalue weighted by Gasteiger charge is 2.26. The van der Waals surface area contributed by atoms with Crippen LogP contribution in [-0.4, -0.2) is 43.7 Å². The minimum atomic E-state index is -0.0842. The second-order valence-corrected chi connectivity index (χ2v) is 8.86. The van der Waals surface area contributed by atoms with Crippen LogP contribution < -0.4 is 15.1 Å². The first-order valence-corrected chi connectivity index (χ1v) is 11.7. The predicted molar refractivity (Wildman–Crippen MR) is 124 cm³/mol. The molecule has 2 aromatic carbocycles. The van der Waals surface area contributed by atoms with Crippen molar-refractivity contribution in [3.05, 3.63) is 58.7 Å². The number of rotatable bonds is 8. The van der Waals surface area contributed by atoms with Crippen molar-refractivity contribution in [2.45, 2.75) is 39.1 Å². The molecule has 0 unspecified atom stereocenters. The number of carbonyl (C=O) groups excluding carboxylic acids is 2. The summed E-state index contributed by atoms with van der Waals surface area (Å²) in [5, 5.41) is 3.03. The summed E-state index contributed by atoms with van der Waals surface area (Å²) in [6, 6.07) is 12.0. The van der Waals surface area contributed by atoms with Gasteiger partial charge in [-0.2, -0.15) is 0 Å². The van der Waals surface area contributed by atoms with E-state index in [4.69, 9.17) is 0 Å². The molecule has 3 rings (SSSR count). The maximum Gasteiger partial charge on any atom is 0.251 e. The largest absolute Gasteiger partial charge is 0.346 e. The summed E-state index contributed by atoms with van der Waals surface area (Å²) < 4.78 is 0. The first-order chi connectivity index (χ1) is 14.4. The minimum absolute atomic E-state index is 0.0797. The Morgan fingerprint density at radius 1 is 1.13 bits per heavy atom. The zero-order valence-corrected chi connectivity index (χ0v) is 19.2. The first-order valence-electron chi connectivity index (χ1n) is 10.7. The summed E-state index contributed by atoms with van der Waals surface area (Å²) in [6.45, 7) is 12.6. The quantitative estimate of drug-likeness (QED) is 0.682. The van der Waals surface area contributed by atoms with E-state index < -0.39 is 0 Å². The second-order valence-electron chi connectivity index (χ2n) is 7.84. The van der Waals surface area contributed by atoms with E-state index >= 15 is 0 Å². The van der Waals surface area contributed by atoms with E-state index in [0.717, 1.165) is 35.8 Å². The molecule has 0 radical (unpaired) electrons. The maximum atomic E-state index is 12.8. The molecule has 160 valence electrons. The molecule has 0 bridgehead atoms. The molecule has 0 saturated carbocycles. The van der Waals surface area contributed by atoms with Crippen LogP contribution in [0, 0.1) is 13.8 Å². The molecule has 30 heavy (non-hydrogen) atoms. The fourth-order valence-electron chi connectivity index (χ4n) is 3.72. The van der Waals surface area contributed by atoms with E-state index in [1.54, 1.807) is 11.8 Å². The third-order valence-electron chi connectivity index (χ3n) is 5.76. The van der Waals surface area contributed by atoms with Crippen LogP contribution in [0.5, 0.6) is 0 Å². The average Bonchev–Trinajstić information content (AvgIpc) is 2.75. The Hall–Kier alpha value is -2.31. The zero-order chi connectivity index (χ0) is 21.7. The summed E-state index contributed by atoms with van der Waals surface area (Å²) >= 11 is 1.54. The van der Waals surface area contributed by atoms with E-state index in [2.05, 4.69) is 51.2 Å². The van der Waals surface area contributed by atoms with E-state index in [9.17, 15) is 9.59 Å². The van der Waals surface area contributed by atoms with Gasteiger partial charge in [0.15, 0.2) is 0 Å². The van der Waals surface area contributed by atoms with Gasteiger partial charge in [-0.15, -0.1) is 11.8 Å². The van der Waals surface area contributed by atoms with Gasteiger partial charge in [0.05, 0.1) is 44.2 Å². The van der Waals surface area contributed by atoms with Crippen molar-refractivity contribution in [2.24, 2.45) is 0 Å². The number of carbonyl (C=O) groups is 2. The van der Waals surface area contributed by atoms with Crippen molar-refractivity contribution >= 4 is 29.3 Å². The van der Waals surface area contributed by atoms with Gasteiger partial charge in [0.25, 0.3) is 5.91 Å². The third-order valence-corrected chi connectivity index (χ3v) is 6.81. The molecule has 1 aliphatic heterocycles. The Morgan fingerprint density at radius 3 is 2.63 bits per heavy atom. The number of hydrogen-bond acceptors (Lipinski definition) is 3. The monoisotopic (exact) mass is 426 g/mol. The van der Waals surface area contributed by atoms with Crippen molar-refractivity contribution in [3.63, 3.8) is 0 Å². The Bertz CT molecular complexity index is 925. The number of hydrogen-bond donors (Lipinski definition) is 2. The van der Waals surface area contributed by atoms with Crippen molar-refractivity contribution in [1.82, 2.24) is 5.32 Å². The van der Waals surface area contributed by atoms with Gasteiger partial charge < -0.3 is 15.1 Å². The van der Waals surface area contributed by atoms with Gasteiger partial charge in [-0.25, -0.2) is 0 Å². The van der Waals surface area contributed by atoms with Crippen LogP contribution in [0.2, 0.25) is 0 Å². The lowest BCUT2D eigenvalue weighted by Crippen LogP contribution is -3.12. The van der Waals surface area contributed by atoms with Gasteiger partial charge in [0.2, 0.25) is 5.91 Å². The minimum Gasteiger partial charge on any atom is -0.346 e. The molecule has 1 aliphatic rings. The summed E-state index contributed by atoms with van der Waals surface area (Å²) in [4.78, 5) is 29.8. The smallest absolute Gasteiger partial charge is 0.251 e. The number of anilines is 1. The molecule has 0 saturated heterocycles. The summed E-state index contributed by atoms with van der Waals surface area (Å²) in [5.41, 5.74) is 4.92. The van der Waals surface area contributed by atoms with Crippen LogP contribution >= 0.6 is 11.8 Å². The summed E-state index contributed by atoms with van der Waals surface area (Å²) in [5.74, 6) is 0.422. The Kier molecular flexibility index (Phi) is 7.56. The number of nitrogens with zero attached hydrogens (tertiary/aromatic N) is 1. The number of likely N-dealkylation sites (N-methyl/N-ethyl adjacent to an activating group) is 1. The lowest BCUT2D eigenvalue weighted by atomic mass is 10.0. The van der Waals surface area contributed by atoms with Crippen molar-refractivity contribution < 1.29 is 14.5 Å². The highest BCUT2D eigenvalue weighted by molar-refractivity contribution is 8.00. The molecule has 5 nitrogen and oxygen atoms in total. The Morgan fingerprint density at radius 2 is 1.90 bits per heavy atom. The average molecular weight is 427 g/mol. The highest BCUT2D eigenvalue weighted by Crippen LogP contribution is 2.37. The summed E-state index contributed by atoms with van der Waals surface area (Å²) in [7, 11) is 0. The van der Waals surface area contributed by atoms with Crippen LogP contribution in [-0.2, 0) is 11.3 Å². The van der Waals surface area contributed by atoms with Gasteiger partial charge in [-0.3, -0.25) is 9.59 Å². The molecule has 0 spiro atoms. The molecular formula is C24H32N3O2S+. The Balaban J connectivity index is 1.79. The number of amides is 2. The van der Waals surface area contributed by atoms with E-state index in [0.29, 0.717) is 24.4 Å². The lowest BCUT2D eigenvalue weighted by molar-refractivity contribution is -0.895. The maximum absolute atomic E-state index is 12.8. The number of fused-ring (bicyclic) bond motifs is 1. The first kappa shape index (κ1) is 22.4. The fraction of sp³-hybridized carbons (Fsp3) is 0.417. The Labute approximate surface area is 183 Å². The molecule has 0 fully saturated rings. The van der Waals surface area contributed by atoms with Crippen LogP contribution in [0.25, 0.3) is 0 Å². The number of benzene rings is 2. The molecular weight excluding hydrogens is 394 g/mol. The van der Waals surface area contributed by atoms with Crippen molar-refractivity contribution in [3.8, 4) is 0 Å². The molecule has 0 atom stereocenters. The van der Waals surface area contributed by atoms with Gasteiger partial charge in [0.1, 0.15) is 0 Å². The number of aryl methyl sites for hydroxylation is 2. The predicted octanol–water partition coefficient (Wildman–Crippen LogP) is 2.60. The fourth-order valence-corrected chi connectivity index (χ4v) is 4.63. The molecule has 1 heterocycles. The standard InChI is InChI=1S/C24H31N3O2S/c1-5-26(6-2)12-11-25-24(29)19-9-10-22-21(14-19)27(23(28)16-30-22)15-20-13-17(3)7-8-18(20)4/h7-10,13-14H,5-6,11-12,15-16H2,1-4H3,(H,25,29)/p+1. The molecule has 6 heteroatoms. The van der Waals surface area contributed by atoms with Gasteiger partial charge in [0, 0.05) is 10.5 Å². The van der Waals surface area contributed by atoms with Gasteiger partial charge >= 0.3 is 0 Å². The van der Waals surface area contributed by atoms with Crippen molar-refractivity contribution in [1.29, 1.82) is 0 Å². The van der Waals surface area contributed by atoms with Crippen LogP contribution in [0.1, 0.15) is 40.9 Å². The second kappa shape index (κ2) is 10.1. The van der Waals surface area contributed by atoms with E-state index in [-0.39, 0.29) is 11.8 Å². The van der Waals surface area contributed by atoms with Crippen molar-refractivity contribution in [2.75, 3.05) is 36.8 Å². The van der Waals surface area contributed by atoms with Gasteiger partial charge in [-0.05, 0) is 57.0 Å². The molecule has 2 N–H and O–H groups in total. The van der Waals surface area contributed by atoms with Crippen LogP contribution in [0.3, 0.4) is 0 Å². The van der Waals surface area contributed by atoms with E-state index in [1.807, 2.05) is 23.1 Å². The molecule has 0 aromatic heterocycles. The summed E-state index contributed by atoms with van der Waals surface area (Å²) in [6.07, 6.45) is 0. The topological polar surface area (TPSA) is 53.9 Å². The van der Waals surface area contributed by atoms with Crippen LogP contribution in [0.4, 0.5) is 5.69 Å². The molecule has 2 aromatic rings. The number of quaternary nitrogens is 1.